The van der Waals surface area contributed by atoms with Crippen molar-refractivity contribution in [2.75, 3.05) is 0 Å². The molecule has 0 aliphatic carbocycles. The fraction of sp³-hybridized carbons (Fsp3) is 0.714. The van der Waals surface area contributed by atoms with Crippen LogP contribution >= 0.6 is 11.3 Å². The highest BCUT2D eigenvalue weighted by atomic mass is 32.1. The normalized spacial score (nSPS) is 12.9. The van der Waals surface area contributed by atoms with Crippen LogP contribution in [0, 0.1) is 5.92 Å². The molecule has 0 saturated heterocycles. The Morgan fingerprint density at radius 2 is 2.07 bits per heavy atom. The zero-order valence-corrected chi connectivity index (χ0v) is 11.0. The second-order valence-corrected chi connectivity index (χ2v) is 5.44. The maximum absolute atomic E-state index is 2.33. The summed E-state index contributed by atoms with van der Waals surface area (Å²) in [5.74, 6) is 0.917. The minimum atomic E-state index is 0.917. The van der Waals surface area contributed by atoms with Crippen molar-refractivity contribution < 1.29 is 0 Å². The molecule has 1 atom stereocenters. The van der Waals surface area contributed by atoms with Gasteiger partial charge in [-0.25, -0.2) is 0 Å². The van der Waals surface area contributed by atoms with Crippen molar-refractivity contribution in [1.29, 1.82) is 0 Å². The zero-order valence-electron chi connectivity index (χ0n) is 10.2. The van der Waals surface area contributed by atoms with Crippen molar-refractivity contribution in [2.45, 2.75) is 58.8 Å². The highest BCUT2D eigenvalue weighted by molar-refractivity contribution is 7.09. The molecular weight excluding hydrogens is 200 g/mol. The SMILES string of the molecule is CCCCCCC(CC)Cc1cccs1. The van der Waals surface area contributed by atoms with Gasteiger partial charge in [-0.05, 0) is 23.8 Å². The second kappa shape index (κ2) is 7.92. The molecule has 0 bridgehead atoms. The number of thiophene rings is 1. The van der Waals surface area contributed by atoms with Crippen molar-refractivity contribution in [3.63, 3.8) is 0 Å². The van der Waals surface area contributed by atoms with Crippen LogP contribution in [0.25, 0.3) is 0 Å². The van der Waals surface area contributed by atoms with Gasteiger partial charge >= 0.3 is 0 Å². The number of hydrogen-bond acceptors (Lipinski definition) is 1. The van der Waals surface area contributed by atoms with E-state index in [2.05, 4.69) is 31.4 Å². The number of hydrogen-bond donors (Lipinski definition) is 0. The Balaban J connectivity index is 2.18. The van der Waals surface area contributed by atoms with Crippen molar-refractivity contribution >= 4 is 11.3 Å². The Hall–Kier alpha value is -0.300. The van der Waals surface area contributed by atoms with Crippen LogP contribution < -0.4 is 0 Å². The molecule has 0 amide bonds. The quantitative estimate of drug-likeness (QED) is 0.526. The molecule has 1 unspecified atom stereocenters. The lowest BCUT2D eigenvalue weighted by Gasteiger charge is -2.13. The summed E-state index contributed by atoms with van der Waals surface area (Å²) in [6, 6.07) is 4.45. The van der Waals surface area contributed by atoms with Crippen LogP contribution in [0.15, 0.2) is 17.5 Å². The monoisotopic (exact) mass is 224 g/mol. The van der Waals surface area contributed by atoms with Crippen LogP contribution in [0.3, 0.4) is 0 Å². The Morgan fingerprint density at radius 3 is 2.67 bits per heavy atom. The summed E-state index contributed by atoms with van der Waals surface area (Å²) in [6.45, 7) is 4.61. The van der Waals surface area contributed by atoms with E-state index in [1.807, 2.05) is 11.3 Å². The molecule has 0 aliphatic heterocycles. The molecule has 0 saturated carbocycles. The largest absolute Gasteiger partial charge is 0.149 e. The third-order valence-corrected chi connectivity index (χ3v) is 4.01. The maximum atomic E-state index is 2.33. The Bertz CT molecular complexity index is 225. The molecule has 1 rings (SSSR count). The Kier molecular flexibility index (Phi) is 6.74. The molecular formula is C14H24S. The molecule has 0 fully saturated rings. The van der Waals surface area contributed by atoms with E-state index in [4.69, 9.17) is 0 Å². The first-order chi connectivity index (χ1) is 7.36. The van der Waals surface area contributed by atoms with Gasteiger partial charge in [0.25, 0.3) is 0 Å². The van der Waals surface area contributed by atoms with E-state index in [-0.39, 0.29) is 0 Å². The van der Waals surface area contributed by atoms with Crippen molar-refractivity contribution in [3.8, 4) is 0 Å². The van der Waals surface area contributed by atoms with Crippen LogP contribution in [0.5, 0.6) is 0 Å². The minimum absolute atomic E-state index is 0.917. The average molecular weight is 224 g/mol. The van der Waals surface area contributed by atoms with Gasteiger partial charge in [-0.3, -0.25) is 0 Å². The van der Waals surface area contributed by atoms with Crippen molar-refractivity contribution in [2.24, 2.45) is 5.92 Å². The van der Waals surface area contributed by atoms with Crippen LogP contribution in [-0.2, 0) is 6.42 Å². The summed E-state index contributed by atoms with van der Waals surface area (Å²) in [5.41, 5.74) is 0. The molecule has 86 valence electrons. The van der Waals surface area contributed by atoms with E-state index in [9.17, 15) is 0 Å². The Morgan fingerprint density at radius 1 is 1.20 bits per heavy atom. The predicted molar refractivity (Wildman–Crippen MR) is 70.6 cm³/mol. The van der Waals surface area contributed by atoms with Gasteiger partial charge in [0, 0.05) is 4.88 Å². The third-order valence-electron chi connectivity index (χ3n) is 3.11. The van der Waals surface area contributed by atoms with Gasteiger partial charge in [-0.1, -0.05) is 58.4 Å². The summed E-state index contributed by atoms with van der Waals surface area (Å²) >= 11 is 1.91. The van der Waals surface area contributed by atoms with Crippen LogP contribution in [0.2, 0.25) is 0 Å². The lowest BCUT2D eigenvalue weighted by Crippen LogP contribution is -2.02. The first-order valence-corrected chi connectivity index (χ1v) is 7.27. The lowest BCUT2D eigenvalue weighted by molar-refractivity contribution is 0.441. The van der Waals surface area contributed by atoms with Gasteiger partial charge < -0.3 is 0 Å². The van der Waals surface area contributed by atoms with Crippen LogP contribution in [0.4, 0.5) is 0 Å². The highest BCUT2D eigenvalue weighted by Gasteiger charge is 2.07. The van der Waals surface area contributed by atoms with Gasteiger partial charge in [0.1, 0.15) is 0 Å². The molecule has 15 heavy (non-hydrogen) atoms. The number of rotatable bonds is 8. The molecule has 1 aromatic rings. The van der Waals surface area contributed by atoms with Gasteiger partial charge in [0.15, 0.2) is 0 Å². The minimum Gasteiger partial charge on any atom is -0.149 e. The van der Waals surface area contributed by atoms with E-state index < -0.39 is 0 Å². The van der Waals surface area contributed by atoms with Crippen molar-refractivity contribution in [3.05, 3.63) is 22.4 Å². The van der Waals surface area contributed by atoms with E-state index >= 15 is 0 Å². The van der Waals surface area contributed by atoms with E-state index in [1.54, 1.807) is 4.88 Å². The lowest BCUT2D eigenvalue weighted by atomic mass is 9.94. The number of unbranched alkanes of at least 4 members (excludes halogenated alkanes) is 3. The van der Waals surface area contributed by atoms with Gasteiger partial charge in [0.2, 0.25) is 0 Å². The molecule has 0 aliphatic rings. The smallest absolute Gasteiger partial charge is 0.00479 e. The predicted octanol–water partition coefficient (Wildman–Crippen LogP) is 5.29. The zero-order chi connectivity index (χ0) is 10.9. The van der Waals surface area contributed by atoms with E-state index in [1.165, 1.54) is 44.9 Å². The fourth-order valence-electron chi connectivity index (χ4n) is 2.02. The van der Waals surface area contributed by atoms with Crippen LogP contribution in [0.1, 0.15) is 57.2 Å². The van der Waals surface area contributed by atoms with Gasteiger partial charge in [0.05, 0.1) is 0 Å². The molecule has 0 aromatic carbocycles. The first-order valence-electron chi connectivity index (χ1n) is 6.39. The molecule has 1 heteroatoms. The average Bonchev–Trinajstić information content (AvgIpc) is 2.75. The van der Waals surface area contributed by atoms with Crippen molar-refractivity contribution in [1.82, 2.24) is 0 Å². The molecule has 0 N–H and O–H groups in total. The topological polar surface area (TPSA) is 0 Å². The fourth-order valence-corrected chi connectivity index (χ4v) is 2.84. The summed E-state index contributed by atoms with van der Waals surface area (Å²) in [7, 11) is 0. The summed E-state index contributed by atoms with van der Waals surface area (Å²) in [5, 5.41) is 2.19. The third kappa shape index (κ3) is 5.36. The summed E-state index contributed by atoms with van der Waals surface area (Å²) in [4.78, 5) is 1.57. The van der Waals surface area contributed by atoms with Crippen LogP contribution in [-0.4, -0.2) is 0 Å². The Labute approximate surface area is 98.7 Å². The van der Waals surface area contributed by atoms with E-state index in [0.29, 0.717) is 0 Å². The van der Waals surface area contributed by atoms with E-state index in [0.717, 1.165) is 5.92 Å². The molecule has 0 spiro atoms. The molecule has 0 nitrogen and oxygen atoms in total. The first kappa shape index (κ1) is 12.8. The molecule has 1 heterocycles. The second-order valence-electron chi connectivity index (χ2n) is 4.41. The van der Waals surface area contributed by atoms with Gasteiger partial charge in [-0.15, -0.1) is 11.3 Å². The standard InChI is InChI=1S/C14H24S/c1-3-5-6-7-9-13(4-2)12-14-10-8-11-15-14/h8,10-11,13H,3-7,9,12H2,1-2H3. The summed E-state index contributed by atoms with van der Waals surface area (Å²) in [6.07, 6.45) is 9.69. The molecule has 1 aromatic heterocycles. The highest BCUT2D eigenvalue weighted by Crippen LogP contribution is 2.21. The van der Waals surface area contributed by atoms with Gasteiger partial charge in [-0.2, -0.15) is 0 Å². The summed E-state index contributed by atoms with van der Waals surface area (Å²) < 4.78 is 0. The maximum Gasteiger partial charge on any atom is 0.00479 e. The molecule has 0 radical (unpaired) electrons.